The van der Waals surface area contributed by atoms with Crippen molar-refractivity contribution < 1.29 is 0 Å². The molecule has 18 heavy (non-hydrogen) atoms. The van der Waals surface area contributed by atoms with Gasteiger partial charge in [0.2, 0.25) is 0 Å². The van der Waals surface area contributed by atoms with E-state index in [1.54, 1.807) is 0 Å². The maximum atomic E-state index is 3.46. The van der Waals surface area contributed by atoms with Crippen LogP contribution in [0.15, 0.2) is 24.3 Å². The van der Waals surface area contributed by atoms with E-state index in [2.05, 4.69) is 62.3 Å². The molecule has 0 saturated carbocycles. The highest BCUT2D eigenvalue weighted by atomic mass is 15.1. The van der Waals surface area contributed by atoms with E-state index in [9.17, 15) is 0 Å². The van der Waals surface area contributed by atoms with Gasteiger partial charge in [0.1, 0.15) is 0 Å². The number of nitrogens with one attached hydrogen (secondary N) is 1. The third-order valence-corrected chi connectivity index (χ3v) is 3.20. The van der Waals surface area contributed by atoms with Gasteiger partial charge in [-0.25, -0.2) is 0 Å². The maximum Gasteiger partial charge on any atom is 0.0363 e. The van der Waals surface area contributed by atoms with Crippen LogP contribution in [0.25, 0.3) is 0 Å². The van der Waals surface area contributed by atoms with Crippen LogP contribution in [-0.4, -0.2) is 26.2 Å². The van der Waals surface area contributed by atoms with Crippen molar-refractivity contribution in [2.75, 3.05) is 25.0 Å². The Hall–Kier alpha value is -1.02. The van der Waals surface area contributed by atoms with Crippen molar-refractivity contribution in [2.24, 2.45) is 0 Å². The van der Waals surface area contributed by atoms with Crippen LogP contribution < -0.4 is 10.2 Å². The monoisotopic (exact) mass is 248 g/mol. The van der Waals surface area contributed by atoms with E-state index in [4.69, 9.17) is 0 Å². The summed E-state index contributed by atoms with van der Waals surface area (Å²) in [4.78, 5) is 2.34. The van der Waals surface area contributed by atoms with Gasteiger partial charge >= 0.3 is 0 Å². The van der Waals surface area contributed by atoms with Gasteiger partial charge in [0, 0.05) is 25.3 Å². The van der Waals surface area contributed by atoms with Crippen molar-refractivity contribution in [3.8, 4) is 0 Å². The van der Waals surface area contributed by atoms with Gasteiger partial charge in [0.05, 0.1) is 0 Å². The zero-order chi connectivity index (χ0) is 13.4. The Kier molecular flexibility index (Phi) is 6.81. The summed E-state index contributed by atoms with van der Waals surface area (Å²) in [5, 5.41) is 3.46. The molecular weight excluding hydrogens is 220 g/mol. The van der Waals surface area contributed by atoms with Crippen molar-refractivity contribution >= 4 is 5.69 Å². The Labute approximate surface area is 112 Å². The second-order valence-corrected chi connectivity index (χ2v) is 5.43. The third-order valence-electron chi connectivity index (χ3n) is 3.20. The van der Waals surface area contributed by atoms with Gasteiger partial charge in [0.15, 0.2) is 0 Å². The Morgan fingerprint density at radius 3 is 2.33 bits per heavy atom. The van der Waals surface area contributed by atoms with Gasteiger partial charge in [-0.05, 0) is 38.4 Å². The van der Waals surface area contributed by atoms with E-state index in [1.165, 1.54) is 30.5 Å². The summed E-state index contributed by atoms with van der Waals surface area (Å²) in [6, 6.07) is 9.38. The van der Waals surface area contributed by atoms with Crippen molar-refractivity contribution in [1.82, 2.24) is 5.32 Å². The molecule has 0 spiro atoms. The predicted octanol–water partition coefficient (Wildman–Crippen LogP) is 3.60. The fourth-order valence-corrected chi connectivity index (χ4v) is 1.97. The number of hydrogen-bond acceptors (Lipinski definition) is 2. The SMILES string of the molecule is Cc1ccc(N(C)CCCCCNC(C)C)cc1. The van der Waals surface area contributed by atoms with Gasteiger partial charge in [-0.3, -0.25) is 0 Å². The van der Waals surface area contributed by atoms with Crippen molar-refractivity contribution in [2.45, 2.75) is 46.1 Å². The molecule has 0 heterocycles. The summed E-state index contributed by atoms with van der Waals surface area (Å²) in [6.07, 6.45) is 3.85. The summed E-state index contributed by atoms with van der Waals surface area (Å²) in [6.45, 7) is 8.82. The van der Waals surface area contributed by atoms with Crippen LogP contribution >= 0.6 is 0 Å². The molecule has 1 aromatic carbocycles. The summed E-state index contributed by atoms with van der Waals surface area (Å²) < 4.78 is 0. The lowest BCUT2D eigenvalue weighted by Crippen LogP contribution is -2.24. The quantitative estimate of drug-likeness (QED) is 0.707. The number of unbranched alkanes of at least 4 members (excludes halogenated alkanes) is 2. The lowest BCUT2D eigenvalue weighted by Gasteiger charge is -2.19. The van der Waals surface area contributed by atoms with Gasteiger partial charge in [-0.15, -0.1) is 0 Å². The van der Waals surface area contributed by atoms with Gasteiger partial charge < -0.3 is 10.2 Å². The highest BCUT2D eigenvalue weighted by Gasteiger charge is 2.00. The highest BCUT2D eigenvalue weighted by molar-refractivity contribution is 5.46. The number of anilines is 1. The van der Waals surface area contributed by atoms with Crippen molar-refractivity contribution in [1.29, 1.82) is 0 Å². The van der Waals surface area contributed by atoms with E-state index in [0.29, 0.717) is 6.04 Å². The van der Waals surface area contributed by atoms with Crippen molar-refractivity contribution in [3.63, 3.8) is 0 Å². The smallest absolute Gasteiger partial charge is 0.0363 e. The van der Waals surface area contributed by atoms with Crippen molar-refractivity contribution in [3.05, 3.63) is 29.8 Å². The standard InChI is InChI=1S/C16H28N2/c1-14(2)17-12-6-5-7-13-18(4)16-10-8-15(3)9-11-16/h8-11,14,17H,5-7,12-13H2,1-4H3. The second-order valence-electron chi connectivity index (χ2n) is 5.43. The molecule has 102 valence electrons. The van der Waals surface area contributed by atoms with Crippen LogP contribution in [0.5, 0.6) is 0 Å². The molecule has 0 amide bonds. The predicted molar refractivity (Wildman–Crippen MR) is 81.4 cm³/mol. The Balaban J connectivity index is 2.13. The van der Waals surface area contributed by atoms with E-state index in [1.807, 2.05) is 0 Å². The molecule has 2 nitrogen and oxygen atoms in total. The molecule has 0 bridgehead atoms. The van der Waals surface area contributed by atoms with Crippen LogP contribution in [0, 0.1) is 6.92 Å². The number of hydrogen-bond donors (Lipinski definition) is 1. The van der Waals surface area contributed by atoms with E-state index >= 15 is 0 Å². The summed E-state index contributed by atoms with van der Waals surface area (Å²) >= 11 is 0. The normalized spacial score (nSPS) is 10.9. The summed E-state index contributed by atoms with van der Waals surface area (Å²) in [5.74, 6) is 0. The average molecular weight is 248 g/mol. The molecule has 0 saturated heterocycles. The lowest BCUT2D eigenvalue weighted by molar-refractivity contribution is 0.548. The minimum atomic E-state index is 0.611. The molecule has 1 rings (SSSR count). The number of aryl methyl sites for hydroxylation is 1. The first-order chi connectivity index (χ1) is 8.59. The molecule has 1 N–H and O–H groups in total. The minimum Gasteiger partial charge on any atom is -0.375 e. The number of rotatable bonds is 8. The zero-order valence-corrected chi connectivity index (χ0v) is 12.4. The number of benzene rings is 1. The maximum absolute atomic E-state index is 3.46. The molecular formula is C16H28N2. The summed E-state index contributed by atoms with van der Waals surface area (Å²) in [5.41, 5.74) is 2.65. The first-order valence-corrected chi connectivity index (χ1v) is 7.11. The molecule has 0 radical (unpaired) electrons. The Morgan fingerprint density at radius 2 is 1.72 bits per heavy atom. The molecule has 0 aliphatic heterocycles. The molecule has 0 aliphatic carbocycles. The van der Waals surface area contributed by atoms with Crippen LogP contribution in [0.2, 0.25) is 0 Å². The molecule has 2 heteroatoms. The van der Waals surface area contributed by atoms with Crippen LogP contribution in [-0.2, 0) is 0 Å². The first kappa shape index (κ1) is 15.0. The molecule has 0 atom stereocenters. The molecule has 0 aromatic heterocycles. The number of nitrogens with zero attached hydrogens (tertiary/aromatic N) is 1. The largest absolute Gasteiger partial charge is 0.375 e. The van der Waals surface area contributed by atoms with Crippen LogP contribution in [0.4, 0.5) is 5.69 Å². The van der Waals surface area contributed by atoms with E-state index in [0.717, 1.165) is 13.1 Å². The molecule has 0 aliphatic rings. The fraction of sp³-hybridized carbons (Fsp3) is 0.625. The highest BCUT2D eigenvalue weighted by Crippen LogP contribution is 2.13. The average Bonchev–Trinajstić information content (AvgIpc) is 2.34. The second kappa shape index (κ2) is 8.15. The molecule has 0 unspecified atom stereocenters. The minimum absolute atomic E-state index is 0.611. The zero-order valence-electron chi connectivity index (χ0n) is 12.4. The van der Waals surface area contributed by atoms with Gasteiger partial charge in [0.25, 0.3) is 0 Å². The van der Waals surface area contributed by atoms with Crippen LogP contribution in [0.1, 0.15) is 38.7 Å². The lowest BCUT2D eigenvalue weighted by atomic mass is 10.2. The topological polar surface area (TPSA) is 15.3 Å². The molecule has 0 fully saturated rings. The third kappa shape index (κ3) is 6.06. The van der Waals surface area contributed by atoms with Crippen LogP contribution in [0.3, 0.4) is 0 Å². The fourth-order valence-electron chi connectivity index (χ4n) is 1.97. The van der Waals surface area contributed by atoms with Gasteiger partial charge in [-0.1, -0.05) is 38.0 Å². The van der Waals surface area contributed by atoms with E-state index < -0.39 is 0 Å². The molecule has 1 aromatic rings. The van der Waals surface area contributed by atoms with Gasteiger partial charge in [-0.2, -0.15) is 0 Å². The Morgan fingerprint density at radius 1 is 1.06 bits per heavy atom. The van der Waals surface area contributed by atoms with E-state index in [-0.39, 0.29) is 0 Å². The summed E-state index contributed by atoms with van der Waals surface area (Å²) in [7, 11) is 2.18. The first-order valence-electron chi connectivity index (χ1n) is 7.11. The Bertz CT molecular complexity index is 316.